The average molecular weight is 829 g/mol. The van der Waals surface area contributed by atoms with Crippen LogP contribution in [0.15, 0.2) is 72.5 Å². The van der Waals surface area contributed by atoms with E-state index in [9.17, 15) is 60.3 Å². The summed E-state index contributed by atoms with van der Waals surface area (Å²) >= 11 is 0. The van der Waals surface area contributed by atoms with Gasteiger partial charge in [0.15, 0.2) is 12.2 Å². The van der Waals surface area contributed by atoms with Crippen molar-refractivity contribution in [2.45, 2.75) is 73.9 Å². The van der Waals surface area contributed by atoms with Crippen molar-refractivity contribution in [3.05, 3.63) is 89.2 Å². The summed E-state index contributed by atoms with van der Waals surface area (Å²) in [6.07, 6.45) is -16.2. The van der Waals surface area contributed by atoms with Crippen LogP contribution in [0.5, 0.6) is 28.7 Å². The summed E-state index contributed by atoms with van der Waals surface area (Å²) in [6.45, 7) is -1.49. The molecule has 59 heavy (non-hydrogen) atoms. The second kappa shape index (κ2) is 18.3. The van der Waals surface area contributed by atoms with E-state index in [0.29, 0.717) is 11.1 Å². The van der Waals surface area contributed by atoms with E-state index >= 15 is 0 Å². The number of ether oxygens (including phenoxy) is 7. The van der Waals surface area contributed by atoms with Crippen LogP contribution in [0, 0.1) is 0 Å². The van der Waals surface area contributed by atoms with Crippen LogP contribution in [0.1, 0.15) is 29.2 Å². The summed E-state index contributed by atoms with van der Waals surface area (Å²) in [5, 5.41) is 103. The maximum atomic E-state index is 12.5. The SMILES string of the molecule is O=C(O)CC(=O)O[C@H]1[C@H](O)[C@@H](O)[C@H](Oc2cc(O)cc3c2C=C(O[C@@H]2O[C@@H](COC(=O)/C=C/c4ccc(O)cc4)[C@@H](O)[C@H](O)[C@@H]2O)C(c2ccc(O)cc2)O3)O[C@@H]1CO. The Labute approximate surface area is 333 Å². The largest absolute Gasteiger partial charge is 0.508 e. The van der Waals surface area contributed by atoms with E-state index in [0.717, 1.165) is 12.1 Å². The van der Waals surface area contributed by atoms with Crippen LogP contribution in [-0.2, 0) is 38.1 Å². The highest BCUT2D eigenvalue weighted by atomic mass is 16.7. The van der Waals surface area contributed by atoms with Crippen molar-refractivity contribution in [2.24, 2.45) is 0 Å². The van der Waals surface area contributed by atoms with Gasteiger partial charge in [0.05, 0.1) is 12.2 Å². The van der Waals surface area contributed by atoms with Crippen LogP contribution in [-0.4, -0.2) is 144 Å². The Morgan fingerprint density at radius 3 is 2.02 bits per heavy atom. The molecule has 316 valence electrons. The van der Waals surface area contributed by atoms with Crippen LogP contribution in [0.2, 0.25) is 0 Å². The summed E-state index contributed by atoms with van der Waals surface area (Å²) < 4.78 is 39.7. The molecule has 0 saturated carbocycles. The minimum Gasteiger partial charge on any atom is -0.508 e. The number of fused-ring (bicyclic) bond motifs is 1. The second-order valence-corrected chi connectivity index (χ2v) is 13.5. The Kier molecular flexibility index (Phi) is 13.2. The first-order chi connectivity index (χ1) is 28.1. The number of phenolic OH excluding ortho intramolecular Hbond substituents is 3. The van der Waals surface area contributed by atoms with E-state index < -0.39 is 111 Å². The van der Waals surface area contributed by atoms with Gasteiger partial charge in [0.25, 0.3) is 0 Å². The van der Waals surface area contributed by atoms with Crippen LogP contribution in [0.4, 0.5) is 0 Å². The number of carboxylic acids is 1. The van der Waals surface area contributed by atoms with Crippen molar-refractivity contribution in [1.82, 2.24) is 0 Å². The number of esters is 2. The zero-order chi connectivity index (χ0) is 42.5. The lowest BCUT2D eigenvalue weighted by atomic mass is 9.98. The van der Waals surface area contributed by atoms with E-state index in [1.54, 1.807) is 12.1 Å². The number of carboxylic acid groups (broad SMARTS) is 1. The molecule has 0 bridgehead atoms. The molecule has 3 aliphatic rings. The van der Waals surface area contributed by atoms with Crippen LogP contribution < -0.4 is 9.47 Å². The predicted octanol–water partition coefficient (Wildman–Crippen LogP) is -0.437. The molecule has 20 nitrogen and oxygen atoms in total. The first kappa shape index (κ1) is 42.6. The maximum Gasteiger partial charge on any atom is 0.330 e. The minimum absolute atomic E-state index is 0.00505. The minimum atomic E-state index is -1.99. The van der Waals surface area contributed by atoms with Gasteiger partial charge in [-0.3, -0.25) is 9.59 Å². The van der Waals surface area contributed by atoms with Gasteiger partial charge in [-0.25, -0.2) is 4.79 Å². The van der Waals surface area contributed by atoms with Crippen LogP contribution in [0.3, 0.4) is 0 Å². The summed E-state index contributed by atoms with van der Waals surface area (Å²) in [5.41, 5.74) is 0.925. The van der Waals surface area contributed by atoms with Gasteiger partial charge in [0.1, 0.15) is 90.3 Å². The van der Waals surface area contributed by atoms with Gasteiger partial charge < -0.3 is 84.2 Å². The number of aliphatic carboxylic acids is 1. The fraction of sp³-hybridized carbons (Fsp3) is 0.359. The van der Waals surface area contributed by atoms with Crippen molar-refractivity contribution in [3.63, 3.8) is 0 Å². The smallest absolute Gasteiger partial charge is 0.330 e. The van der Waals surface area contributed by atoms with E-state index in [1.807, 2.05) is 0 Å². The lowest BCUT2D eigenvalue weighted by molar-refractivity contribution is -0.294. The molecule has 10 N–H and O–H groups in total. The number of benzene rings is 3. The summed E-state index contributed by atoms with van der Waals surface area (Å²) in [4.78, 5) is 35.4. The number of aliphatic hydroxyl groups is 6. The number of aromatic hydroxyl groups is 3. The summed E-state index contributed by atoms with van der Waals surface area (Å²) in [7, 11) is 0. The molecule has 0 amide bonds. The lowest BCUT2D eigenvalue weighted by Gasteiger charge is -2.42. The first-order valence-corrected chi connectivity index (χ1v) is 17.9. The Morgan fingerprint density at radius 1 is 0.729 bits per heavy atom. The summed E-state index contributed by atoms with van der Waals surface area (Å²) in [5.74, 6) is -4.64. The highest BCUT2D eigenvalue weighted by Gasteiger charge is 2.49. The molecule has 0 aliphatic carbocycles. The number of rotatable bonds is 13. The fourth-order valence-corrected chi connectivity index (χ4v) is 6.29. The molecule has 0 spiro atoms. The molecule has 20 heteroatoms. The molecule has 2 saturated heterocycles. The molecule has 3 aromatic carbocycles. The molecular formula is C39H40O20. The van der Waals surface area contributed by atoms with Crippen molar-refractivity contribution in [1.29, 1.82) is 0 Å². The molecule has 6 rings (SSSR count). The number of phenols is 3. The quantitative estimate of drug-likeness (QED) is 0.0593. The second-order valence-electron chi connectivity index (χ2n) is 13.5. The number of hydrogen-bond donors (Lipinski definition) is 10. The topological polar surface area (TPSA) is 318 Å². The van der Waals surface area contributed by atoms with Gasteiger partial charge in [-0.2, -0.15) is 0 Å². The molecule has 1 unspecified atom stereocenters. The van der Waals surface area contributed by atoms with Gasteiger partial charge in [-0.1, -0.05) is 24.3 Å². The van der Waals surface area contributed by atoms with Crippen LogP contribution >= 0.6 is 0 Å². The van der Waals surface area contributed by atoms with Crippen molar-refractivity contribution in [2.75, 3.05) is 13.2 Å². The van der Waals surface area contributed by atoms with Gasteiger partial charge in [-0.15, -0.1) is 0 Å². The Balaban J connectivity index is 1.25. The molecule has 3 aliphatic heterocycles. The maximum absolute atomic E-state index is 12.5. The number of carbonyl (C=O) groups excluding carboxylic acids is 2. The van der Waals surface area contributed by atoms with Gasteiger partial charge in [-0.05, 0) is 42.0 Å². The van der Waals surface area contributed by atoms with Gasteiger partial charge in [0, 0.05) is 23.8 Å². The zero-order valence-electron chi connectivity index (χ0n) is 30.5. The van der Waals surface area contributed by atoms with Crippen LogP contribution in [0.25, 0.3) is 12.2 Å². The first-order valence-electron chi connectivity index (χ1n) is 17.9. The highest BCUT2D eigenvalue weighted by Crippen LogP contribution is 2.46. The third-order valence-electron chi connectivity index (χ3n) is 9.32. The van der Waals surface area contributed by atoms with Crippen molar-refractivity contribution in [3.8, 4) is 28.7 Å². The predicted molar refractivity (Wildman–Crippen MR) is 194 cm³/mol. The molecule has 0 radical (unpaired) electrons. The number of hydrogen-bond acceptors (Lipinski definition) is 19. The van der Waals surface area contributed by atoms with E-state index in [-0.39, 0.29) is 34.3 Å². The fourth-order valence-electron chi connectivity index (χ4n) is 6.29. The van der Waals surface area contributed by atoms with Gasteiger partial charge in [0.2, 0.25) is 12.6 Å². The zero-order valence-corrected chi connectivity index (χ0v) is 30.5. The number of aliphatic hydroxyl groups excluding tert-OH is 6. The molecule has 0 aromatic heterocycles. The Bertz CT molecular complexity index is 2030. The van der Waals surface area contributed by atoms with Crippen molar-refractivity contribution < 1.29 is 98.6 Å². The molecule has 2 fully saturated rings. The van der Waals surface area contributed by atoms with E-state index in [4.69, 9.17) is 38.3 Å². The Hall–Kier alpha value is -5.97. The van der Waals surface area contributed by atoms with Crippen molar-refractivity contribution >= 4 is 30.1 Å². The third-order valence-corrected chi connectivity index (χ3v) is 9.32. The highest BCUT2D eigenvalue weighted by molar-refractivity contribution is 5.90. The third kappa shape index (κ3) is 10.0. The molecular weight excluding hydrogens is 788 g/mol. The van der Waals surface area contributed by atoms with E-state index in [1.165, 1.54) is 54.6 Å². The lowest BCUT2D eigenvalue weighted by Crippen LogP contribution is -2.61. The summed E-state index contributed by atoms with van der Waals surface area (Å²) in [6, 6.07) is 13.8. The number of carbonyl (C=O) groups is 3. The van der Waals surface area contributed by atoms with E-state index in [2.05, 4.69) is 0 Å². The molecule has 3 aromatic rings. The standard InChI is InChI=1S/C39H40O20/c40-15-26-37(59-30(47)14-28(44)45)33(50)35(52)39(57-26)55-24-12-21(43)11-23-22(24)13-25(36(54-23)18-4-8-20(42)9-5-18)56-38-34(51)32(49)31(48)27(58-38)16-53-29(46)10-3-17-1-6-19(41)7-2-17/h1-13,26-27,31-43,48-52H,14-16H2,(H,44,45)/b10-3+/t26-,27+,31-,32+,33-,34+,35-,36?,37-,38-,39-/m1/s1. The molecule has 3 heterocycles. The normalized spacial score (nSPS) is 29.1. The monoisotopic (exact) mass is 828 g/mol. The van der Waals surface area contributed by atoms with Gasteiger partial charge >= 0.3 is 17.9 Å². The molecule has 11 atom stereocenters. The Morgan fingerprint density at radius 2 is 1.36 bits per heavy atom. The average Bonchev–Trinajstić information content (AvgIpc) is 3.20.